The van der Waals surface area contributed by atoms with Gasteiger partial charge in [-0.25, -0.2) is 23.2 Å². The summed E-state index contributed by atoms with van der Waals surface area (Å²) in [5.74, 6) is -3.61. The first-order chi connectivity index (χ1) is 28.9. The van der Waals surface area contributed by atoms with Crippen LogP contribution in [-0.4, -0.2) is 115 Å². The van der Waals surface area contributed by atoms with E-state index in [1.165, 1.54) is 26.0 Å². The van der Waals surface area contributed by atoms with E-state index >= 15 is 4.79 Å². The highest BCUT2D eigenvalue weighted by Gasteiger charge is 2.63. The smallest absolute Gasteiger partial charge is 0.427 e. The second-order valence-electron chi connectivity index (χ2n) is 18.1. The fourth-order valence-corrected chi connectivity index (χ4v) is 9.33. The van der Waals surface area contributed by atoms with E-state index in [2.05, 4.69) is 15.4 Å². The third kappa shape index (κ3) is 9.75. The van der Waals surface area contributed by atoms with Crippen molar-refractivity contribution in [2.24, 2.45) is 17.8 Å². The van der Waals surface area contributed by atoms with Gasteiger partial charge in [0.15, 0.2) is 0 Å². The molecule has 20 heteroatoms. The maximum absolute atomic E-state index is 15.1. The first-order valence-corrected chi connectivity index (χ1v) is 22.4. The number of hydrogen-bond acceptors (Lipinski definition) is 12. The van der Waals surface area contributed by atoms with Crippen LogP contribution in [0.4, 0.5) is 18.0 Å². The predicted molar refractivity (Wildman–Crippen MR) is 219 cm³/mol. The number of sulfonamides is 1. The Kier molecular flexibility index (Phi) is 13.2. The van der Waals surface area contributed by atoms with Gasteiger partial charge in [0.25, 0.3) is 5.91 Å². The summed E-state index contributed by atoms with van der Waals surface area (Å²) in [6.45, 7) is 8.23. The molecule has 2 aromatic rings. The summed E-state index contributed by atoms with van der Waals surface area (Å²) in [7, 11) is -1.21. The van der Waals surface area contributed by atoms with Gasteiger partial charge in [-0.2, -0.15) is 13.2 Å². The molecule has 3 fully saturated rings. The lowest BCUT2D eigenvalue weighted by molar-refractivity contribution is -0.244. The molecule has 1 aromatic heterocycles. The Hall–Kier alpha value is -4.72. The molecule has 0 unspecified atom stereocenters. The number of alkyl halides is 3. The molecule has 2 aliphatic heterocycles. The van der Waals surface area contributed by atoms with Crippen LogP contribution in [0.15, 0.2) is 30.4 Å². The number of benzene rings is 1. The van der Waals surface area contributed by atoms with Gasteiger partial charge in [0.05, 0.1) is 36.0 Å². The molecular formula is C42H57F3N6O10S. The van der Waals surface area contributed by atoms with Crippen molar-refractivity contribution < 1.29 is 59.7 Å². The lowest BCUT2D eigenvalue weighted by Crippen LogP contribution is -2.60. The number of nitrogens with one attached hydrogen (secondary N) is 3. The van der Waals surface area contributed by atoms with Gasteiger partial charge >= 0.3 is 12.3 Å². The summed E-state index contributed by atoms with van der Waals surface area (Å²) in [5.41, 5.74) is -3.10. The molecule has 0 radical (unpaired) electrons. The molecule has 2 aliphatic carbocycles. The summed E-state index contributed by atoms with van der Waals surface area (Å²) < 4.78 is 91.5. The molecule has 3 N–H and O–H groups in total. The maximum atomic E-state index is 15.1. The number of ether oxygens (including phenoxy) is 4. The van der Waals surface area contributed by atoms with Crippen molar-refractivity contribution in [2.75, 3.05) is 27.4 Å². The second kappa shape index (κ2) is 17.4. The van der Waals surface area contributed by atoms with Crippen LogP contribution in [0, 0.1) is 17.8 Å². The first kappa shape index (κ1) is 46.8. The van der Waals surface area contributed by atoms with Gasteiger partial charge in [-0.1, -0.05) is 32.9 Å². The predicted octanol–water partition coefficient (Wildman–Crippen LogP) is 5.06. The number of hydrogen-bond donors (Lipinski definition) is 3. The van der Waals surface area contributed by atoms with Crippen molar-refractivity contribution >= 4 is 44.9 Å². The molecule has 4 aliphatic rings. The largest absolute Gasteiger partial charge is 0.497 e. The van der Waals surface area contributed by atoms with Crippen LogP contribution in [0.5, 0.6) is 11.6 Å². The van der Waals surface area contributed by atoms with E-state index in [1.54, 1.807) is 24.3 Å². The number of carbonyl (C=O) groups is 4. The lowest BCUT2D eigenvalue weighted by atomic mass is 9.87. The molecule has 16 nitrogen and oxygen atoms in total. The molecule has 62 heavy (non-hydrogen) atoms. The Morgan fingerprint density at radius 2 is 1.79 bits per heavy atom. The Balaban J connectivity index is 1.40. The highest BCUT2D eigenvalue weighted by Crippen LogP contribution is 2.48. The van der Waals surface area contributed by atoms with E-state index in [4.69, 9.17) is 28.9 Å². The Labute approximate surface area is 359 Å². The number of rotatable bonds is 11. The monoisotopic (exact) mass is 894 g/mol. The van der Waals surface area contributed by atoms with Crippen molar-refractivity contribution in [1.82, 2.24) is 30.2 Å². The average molecular weight is 895 g/mol. The lowest BCUT2D eigenvalue weighted by Gasteiger charge is -2.35. The van der Waals surface area contributed by atoms with Crippen molar-refractivity contribution in [1.29, 1.82) is 0 Å². The minimum absolute atomic E-state index is 0.0816. The number of allylic oxidation sites excluding steroid dienone is 1. The molecule has 0 bridgehead atoms. The van der Waals surface area contributed by atoms with E-state index in [-0.39, 0.29) is 50.1 Å². The Morgan fingerprint density at radius 1 is 1.08 bits per heavy atom. The summed E-state index contributed by atoms with van der Waals surface area (Å²) in [5, 5.41) is 5.20. The van der Waals surface area contributed by atoms with Crippen LogP contribution in [0.1, 0.15) is 98.1 Å². The van der Waals surface area contributed by atoms with Crippen LogP contribution < -0.4 is 24.8 Å². The number of halogens is 3. The SMILES string of the molecule is COC[C@@H]1C[C@@H](C)CC/C=C\[C@@H]2C[C@@]2(C(=O)NS(=O)(=O)C2(C)CC2)NC(=O)[C@@H]2C[C@@H](Oc3nc4cc(OC)ccc4nc3C(C)C)CN2C(=O)[C@H]1NC(=O)OC(C)(C)C(F)(F)F. The Morgan fingerprint density at radius 3 is 2.42 bits per heavy atom. The highest BCUT2D eigenvalue weighted by molar-refractivity contribution is 7.91. The molecule has 7 atom stereocenters. The molecule has 4 amide bonds. The minimum atomic E-state index is -4.95. The van der Waals surface area contributed by atoms with Gasteiger partial charge in [-0.15, -0.1) is 0 Å². The molecular weight excluding hydrogens is 838 g/mol. The molecule has 1 saturated heterocycles. The molecule has 342 valence electrons. The third-order valence-electron chi connectivity index (χ3n) is 12.5. The van der Waals surface area contributed by atoms with Crippen molar-refractivity contribution in [3.05, 3.63) is 36.0 Å². The highest BCUT2D eigenvalue weighted by atomic mass is 32.2. The number of nitrogens with zero attached hydrogens (tertiary/aromatic N) is 3. The number of fused-ring (bicyclic) bond motifs is 3. The fraction of sp³-hybridized carbons (Fsp3) is 0.667. The fourth-order valence-electron chi connectivity index (χ4n) is 8.02. The van der Waals surface area contributed by atoms with Gasteiger partial charge in [-0.3, -0.25) is 19.1 Å². The Bertz CT molecular complexity index is 2200. The van der Waals surface area contributed by atoms with Crippen molar-refractivity contribution in [3.8, 4) is 11.6 Å². The molecule has 0 spiro atoms. The standard InChI is InChI=1S/C42H57F3N6O10S/c1-23(2)32-35(47-30-18-27(59-8)13-14-29(30)46-32)60-28-19-31-34(52)49-41(37(54)50-62(56,57)40(6)15-16-40)20-26(41)12-10-9-11-24(3)17-25(22-58-7)33(36(53)51(31)21-28)48-38(55)61-39(4,5)42(43,44)45/h10,12-14,18,23-26,28,31,33H,9,11,15-17,19-22H2,1-8H3,(H,48,55)(H,49,52)(H,50,54)/b12-10-/t24-,25-,26+,28+,31-,33-,41+/m0/s1. The third-order valence-corrected chi connectivity index (χ3v) is 14.6. The van der Waals surface area contributed by atoms with Crippen LogP contribution in [0.25, 0.3) is 11.0 Å². The minimum Gasteiger partial charge on any atom is -0.497 e. The normalized spacial score (nSPS) is 28.4. The number of alkyl carbamates (subject to hydrolysis) is 1. The van der Waals surface area contributed by atoms with Gasteiger partial charge in [0.2, 0.25) is 33.3 Å². The summed E-state index contributed by atoms with van der Waals surface area (Å²) in [6.07, 6.45) is -1.79. The van der Waals surface area contributed by atoms with Crippen LogP contribution in [0.2, 0.25) is 0 Å². The van der Waals surface area contributed by atoms with E-state index in [9.17, 15) is 36.0 Å². The summed E-state index contributed by atoms with van der Waals surface area (Å²) in [4.78, 5) is 67.8. The number of methoxy groups -OCH3 is 2. The number of amides is 4. The molecule has 6 rings (SSSR count). The molecule has 3 heterocycles. The maximum Gasteiger partial charge on any atom is 0.427 e. The zero-order chi connectivity index (χ0) is 45.6. The van der Waals surface area contributed by atoms with Crippen molar-refractivity contribution in [3.63, 3.8) is 0 Å². The van der Waals surface area contributed by atoms with E-state index in [0.717, 1.165) is 0 Å². The van der Waals surface area contributed by atoms with E-state index in [0.29, 0.717) is 62.0 Å². The van der Waals surface area contributed by atoms with Crippen LogP contribution >= 0.6 is 0 Å². The van der Waals surface area contributed by atoms with Gasteiger partial charge in [0.1, 0.15) is 35.2 Å². The molecule has 2 saturated carbocycles. The number of aromatic nitrogens is 2. The van der Waals surface area contributed by atoms with E-state index in [1.807, 2.05) is 26.8 Å². The number of carbonyl (C=O) groups excluding carboxylic acids is 4. The summed E-state index contributed by atoms with van der Waals surface area (Å²) >= 11 is 0. The van der Waals surface area contributed by atoms with Crippen LogP contribution in [-0.2, 0) is 33.9 Å². The zero-order valence-corrected chi connectivity index (χ0v) is 37.1. The van der Waals surface area contributed by atoms with Crippen molar-refractivity contribution in [2.45, 2.75) is 133 Å². The van der Waals surface area contributed by atoms with Gasteiger partial charge < -0.3 is 34.5 Å². The van der Waals surface area contributed by atoms with Crippen LogP contribution in [0.3, 0.4) is 0 Å². The first-order valence-electron chi connectivity index (χ1n) is 20.9. The van der Waals surface area contributed by atoms with Gasteiger partial charge in [0, 0.05) is 37.4 Å². The van der Waals surface area contributed by atoms with E-state index < -0.39 is 85.9 Å². The average Bonchev–Trinajstić information content (AvgIpc) is 4.07. The second-order valence-corrected chi connectivity index (χ2v) is 20.3. The van der Waals surface area contributed by atoms with Gasteiger partial charge in [-0.05, 0) is 77.3 Å². The summed E-state index contributed by atoms with van der Waals surface area (Å²) in [6, 6.07) is 2.23. The zero-order valence-electron chi connectivity index (χ0n) is 36.3. The molecule has 1 aromatic carbocycles. The topological polar surface area (TPSA) is 204 Å². The quantitative estimate of drug-likeness (QED) is 0.254.